The first-order valence-electron chi connectivity index (χ1n) is 24.3. The summed E-state index contributed by atoms with van der Waals surface area (Å²) < 4.78 is 14.2. The summed E-state index contributed by atoms with van der Waals surface area (Å²) in [5.74, 6) is -0.353. The first-order chi connectivity index (χ1) is 34.3. The summed E-state index contributed by atoms with van der Waals surface area (Å²) in [6, 6.07) is 11.3. The second-order valence-electron chi connectivity index (χ2n) is 18.8. The smallest absolute Gasteiger partial charge is 0.261 e. The molecule has 2 saturated heterocycles. The lowest BCUT2D eigenvalue weighted by Crippen LogP contribution is -2.39. The summed E-state index contributed by atoms with van der Waals surface area (Å²) in [5.41, 5.74) is 7.80. The van der Waals surface area contributed by atoms with Gasteiger partial charge < -0.3 is 49.9 Å². The molecule has 4 N–H and O–H groups in total. The Balaban J connectivity index is 0.000000152. The number of aromatic nitrogens is 6. The number of carbonyl (C=O) groups excluding carboxylic acids is 4. The maximum atomic E-state index is 13.4. The van der Waals surface area contributed by atoms with E-state index in [9.17, 15) is 29.4 Å². The van der Waals surface area contributed by atoms with Gasteiger partial charge in [0.15, 0.2) is 11.3 Å². The van der Waals surface area contributed by atoms with Gasteiger partial charge in [0.05, 0.1) is 61.6 Å². The molecule has 12 rings (SSSR count). The molecule has 4 aromatic heterocycles. The standard InChI is InChI=1S/2C25H28N6O4/c2*32-15-16-3-1-4-21(16)30-14-17-11-20(22(12-18(17)25(30)34)29-7-9-35-10-8-29)28-24(33)19-13-27-31-6-2-5-26-23(19)31/h2*2,5-6,11-13,16,21,32H,1,3-4,7-10,14-15H2,(H,28,33)/t2*16-,21-/m10/s1. The highest BCUT2D eigenvalue weighted by atomic mass is 16.5. The molecule has 6 aromatic rings. The maximum Gasteiger partial charge on any atom is 0.261 e. The fraction of sp³-hybridized carbons (Fsp3) is 0.440. The summed E-state index contributed by atoms with van der Waals surface area (Å²) in [5, 5.41) is 34.2. The highest BCUT2D eigenvalue weighted by Gasteiger charge is 2.41. The molecule has 4 aliphatic heterocycles. The zero-order valence-electron chi connectivity index (χ0n) is 38.8. The number of fused-ring (bicyclic) bond motifs is 4. The highest BCUT2D eigenvalue weighted by Crippen LogP contribution is 2.41. The van der Waals surface area contributed by atoms with Crippen LogP contribution in [0, 0.1) is 11.8 Å². The van der Waals surface area contributed by atoms with Crippen LogP contribution in [0.15, 0.2) is 73.6 Å². The number of hydrogen-bond donors (Lipinski definition) is 4. The lowest BCUT2D eigenvalue weighted by Gasteiger charge is -2.31. The number of nitrogens with zero attached hydrogens (tertiary/aromatic N) is 10. The lowest BCUT2D eigenvalue weighted by molar-refractivity contribution is 0.0604. The molecule has 364 valence electrons. The third-order valence-electron chi connectivity index (χ3n) is 14.9. The van der Waals surface area contributed by atoms with Crippen LogP contribution in [-0.2, 0) is 22.6 Å². The van der Waals surface area contributed by atoms with E-state index in [-0.39, 0.29) is 60.8 Å². The maximum absolute atomic E-state index is 13.4. The van der Waals surface area contributed by atoms with Crippen molar-refractivity contribution in [3.05, 3.63) is 107 Å². The van der Waals surface area contributed by atoms with Crippen LogP contribution in [0.4, 0.5) is 22.7 Å². The molecule has 2 saturated carbocycles. The molecule has 8 heterocycles. The number of amides is 4. The Hall–Kier alpha value is -7.00. The van der Waals surface area contributed by atoms with E-state index in [1.807, 2.05) is 34.1 Å². The number of ether oxygens (including phenoxy) is 2. The van der Waals surface area contributed by atoms with Crippen LogP contribution in [0.1, 0.15) is 91.1 Å². The van der Waals surface area contributed by atoms with Crippen LogP contribution >= 0.6 is 0 Å². The summed E-state index contributed by atoms with van der Waals surface area (Å²) in [7, 11) is 0. The minimum Gasteiger partial charge on any atom is -0.396 e. The van der Waals surface area contributed by atoms with Crippen molar-refractivity contribution in [1.29, 1.82) is 0 Å². The van der Waals surface area contributed by atoms with Crippen molar-refractivity contribution >= 4 is 57.7 Å². The molecular weight excluding hydrogens is 897 g/mol. The number of rotatable bonds is 10. The van der Waals surface area contributed by atoms with Crippen molar-refractivity contribution < 1.29 is 38.9 Å². The number of aliphatic hydroxyl groups is 2. The van der Waals surface area contributed by atoms with E-state index in [4.69, 9.17) is 9.47 Å². The van der Waals surface area contributed by atoms with E-state index < -0.39 is 0 Å². The molecule has 0 bridgehead atoms. The van der Waals surface area contributed by atoms with Gasteiger partial charge in [0, 0.05) is 112 Å². The number of carbonyl (C=O) groups is 4. The normalized spacial score (nSPS) is 22.1. The first-order valence-corrected chi connectivity index (χ1v) is 24.3. The van der Waals surface area contributed by atoms with Crippen LogP contribution in [0.5, 0.6) is 0 Å². The topological polar surface area (TPSA) is 225 Å². The second-order valence-corrected chi connectivity index (χ2v) is 18.8. The minimum atomic E-state index is -0.300. The molecule has 20 nitrogen and oxygen atoms in total. The Labute approximate surface area is 403 Å². The van der Waals surface area contributed by atoms with Crippen molar-refractivity contribution in [3.63, 3.8) is 0 Å². The molecule has 70 heavy (non-hydrogen) atoms. The molecular formula is C50H56N12O8. The number of anilines is 4. The average molecular weight is 953 g/mol. The Morgan fingerprint density at radius 2 is 1.04 bits per heavy atom. The van der Waals surface area contributed by atoms with Crippen molar-refractivity contribution in [1.82, 2.24) is 39.0 Å². The third-order valence-corrected chi connectivity index (χ3v) is 14.9. The predicted octanol–water partition coefficient (Wildman–Crippen LogP) is 3.87. The summed E-state index contributed by atoms with van der Waals surface area (Å²) in [6.07, 6.45) is 15.5. The largest absolute Gasteiger partial charge is 0.396 e. The van der Waals surface area contributed by atoms with E-state index in [0.29, 0.717) is 111 Å². The summed E-state index contributed by atoms with van der Waals surface area (Å²) in [4.78, 5) is 70.2. The Morgan fingerprint density at radius 3 is 1.46 bits per heavy atom. The number of hydrogen-bond acceptors (Lipinski definition) is 14. The fourth-order valence-electron chi connectivity index (χ4n) is 11.2. The molecule has 6 aliphatic rings. The van der Waals surface area contributed by atoms with Gasteiger partial charge in [0.1, 0.15) is 11.1 Å². The average Bonchev–Trinajstić information content (AvgIpc) is 4.28. The van der Waals surface area contributed by atoms with E-state index in [1.165, 1.54) is 12.4 Å². The highest BCUT2D eigenvalue weighted by molar-refractivity contribution is 6.11. The molecule has 4 atom stereocenters. The molecule has 20 heteroatoms. The summed E-state index contributed by atoms with van der Waals surface area (Å²) >= 11 is 0. The zero-order chi connectivity index (χ0) is 47.9. The Morgan fingerprint density at radius 1 is 0.614 bits per heavy atom. The van der Waals surface area contributed by atoms with Crippen LogP contribution in [0.2, 0.25) is 0 Å². The molecule has 0 unspecified atom stereocenters. The van der Waals surface area contributed by atoms with Gasteiger partial charge in [-0.3, -0.25) is 19.2 Å². The fourth-order valence-corrected chi connectivity index (χ4v) is 11.2. The molecule has 0 radical (unpaired) electrons. The molecule has 4 fully saturated rings. The quantitative estimate of drug-likeness (QED) is 0.153. The SMILES string of the molecule is O=C(Nc1cc2c(cc1N1CCOCC1)C(=O)N([C@@H]1CCC[C@@H]1CO)C2)c1cnn2cccnc12.O=C(Nc1cc2c(cc1N1CCOCC1)C(=O)N([C@H]1CCC[C@H]1CO)C2)c1cnn2cccnc12. The number of aliphatic hydroxyl groups excluding tert-OH is 2. The third kappa shape index (κ3) is 8.47. The van der Waals surface area contributed by atoms with Gasteiger partial charge in [0.2, 0.25) is 0 Å². The van der Waals surface area contributed by atoms with Gasteiger partial charge in [-0.1, -0.05) is 12.8 Å². The monoisotopic (exact) mass is 952 g/mol. The van der Waals surface area contributed by atoms with Gasteiger partial charge >= 0.3 is 0 Å². The van der Waals surface area contributed by atoms with Crippen LogP contribution in [0.25, 0.3) is 11.3 Å². The van der Waals surface area contributed by atoms with Gasteiger partial charge in [0.25, 0.3) is 23.6 Å². The van der Waals surface area contributed by atoms with E-state index in [2.05, 4.69) is 40.6 Å². The minimum absolute atomic E-state index is 0.00423. The Kier molecular flexibility index (Phi) is 12.6. The number of nitrogens with one attached hydrogen (secondary N) is 2. The van der Waals surface area contributed by atoms with E-state index >= 15 is 0 Å². The molecule has 4 amide bonds. The van der Waals surface area contributed by atoms with Crippen LogP contribution in [0.3, 0.4) is 0 Å². The van der Waals surface area contributed by atoms with Crippen LogP contribution < -0.4 is 20.4 Å². The van der Waals surface area contributed by atoms with Gasteiger partial charge in [-0.05, 0) is 73.2 Å². The second kappa shape index (κ2) is 19.4. The number of morpholine rings is 2. The van der Waals surface area contributed by atoms with Gasteiger partial charge in [-0.25, -0.2) is 19.0 Å². The van der Waals surface area contributed by atoms with Gasteiger partial charge in [-0.2, -0.15) is 10.2 Å². The van der Waals surface area contributed by atoms with Crippen molar-refractivity contribution in [2.24, 2.45) is 11.8 Å². The summed E-state index contributed by atoms with van der Waals surface area (Å²) in [6.45, 7) is 6.20. The first kappa shape index (κ1) is 45.4. The van der Waals surface area contributed by atoms with Crippen LogP contribution in [-0.4, -0.2) is 151 Å². The van der Waals surface area contributed by atoms with Crippen molar-refractivity contribution in [2.75, 3.05) is 86.3 Å². The lowest BCUT2D eigenvalue weighted by atomic mass is 10.0. The van der Waals surface area contributed by atoms with Crippen molar-refractivity contribution in [3.8, 4) is 0 Å². The molecule has 2 aromatic carbocycles. The molecule has 2 aliphatic carbocycles. The number of benzene rings is 2. The van der Waals surface area contributed by atoms with E-state index in [1.54, 1.807) is 46.0 Å². The zero-order valence-corrected chi connectivity index (χ0v) is 38.8. The molecule has 0 spiro atoms. The Bertz CT molecular complexity index is 2770. The van der Waals surface area contributed by atoms with Gasteiger partial charge in [-0.15, -0.1) is 0 Å². The predicted molar refractivity (Wildman–Crippen MR) is 257 cm³/mol. The van der Waals surface area contributed by atoms with Crippen molar-refractivity contribution in [2.45, 2.75) is 63.7 Å². The van der Waals surface area contributed by atoms with E-state index in [0.717, 1.165) is 61.0 Å².